The molecule has 0 saturated carbocycles. The molecule has 0 radical (unpaired) electrons. The summed E-state index contributed by atoms with van der Waals surface area (Å²) < 4.78 is 0. The maximum atomic E-state index is 4.78. The Balaban J connectivity index is 1.99. The first-order chi connectivity index (χ1) is 10.3. The van der Waals surface area contributed by atoms with Crippen LogP contribution in [0.1, 0.15) is 18.9 Å². The molecule has 0 bridgehead atoms. The van der Waals surface area contributed by atoms with E-state index in [-0.39, 0.29) is 0 Å². The summed E-state index contributed by atoms with van der Waals surface area (Å²) in [4.78, 5) is 7.16. The quantitative estimate of drug-likeness (QED) is 0.917. The van der Waals surface area contributed by atoms with Gasteiger partial charge in [0.2, 0.25) is 0 Å². The Bertz CT molecular complexity index is 608. The summed E-state index contributed by atoms with van der Waals surface area (Å²) in [6, 6.07) is 9.26. The van der Waals surface area contributed by atoms with Crippen molar-refractivity contribution in [2.75, 3.05) is 30.0 Å². The van der Waals surface area contributed by atoms with Crippen LogP contribution < -0.4 is 10.2 Å². The number of hydrogen-bond donors (Lipinski definition) is 1. The first-order valence-corrected chi connectivity index (χ1v) is 8.84. The van der Waals surface area contributed by atoms with Crippen LogP contribution in [0, 0.1) is 0 Å². The van der Waals surface area contributed by atoms with Gasteiger partial charge in [-0.2, -0.15) is 11.8 Å². The van der Waals surface area contributed by atoms with Crippen molar-refractivity contribution in [2.45, 2.75) is 25.9 Å². The molecule has 0 spiro atoms. The maximum absolute atomic E-state index is 4.78. The van der Waals surface area contributed by atoms with Crippen molar-refractivity contribution in [1.82, 2.24) is 10.3 Å². The number of fused-ring (bicyclic) bond motifs is 1. The molecule has 1 atom stereocenters. The predicted molar refractivity (Wildman–Crippen MR) is 93.3 cm³/mol. The van der Waals surface area contributed by atoms with E-state index in [1.54, 1.807) is 0 Å². The van der Waals surface area contributed by atoms with E-state index in [4.69, 9.17) is 4.98 Å². The molecule has 3 nitrogen and oxygen atoms in total. The van der Waals surface area contributed by atoms with Crippen LogP contribution in [0.4, 0.5) is 5.82 Å². The molecule has 1 aromatic carbocycles. The van der Waals surface area contributed by atoms with Crippen LogP contribution in [0.15, 0.2) is 30.5 Å². The summed E-state index contributed by atoms with van der Waals surface area (Å²) in [5.74, 6) is 3.61. The average Bonchev–Trinajstić information content (AvgIpc) is 3.06. The molecule has 1 saturated heterocycles. The van der Waals surface area contributed by atoms with E-state index >= 15 is 0 Å². The highest BCUT2D eigenvalue weighted by atomic mass is 32.2. The lowest BCUT2D eigenvalue weighted by molar-refractivity contribution is 0.692. The van der Waals surface area contributed by atoms with Crippen molar-refractivity contribution in [3.05, 3.63) is 36.0 Å². The molecule has 3 rings (SSSR count). The number of nitrogens with one attached hydrogen (secondary N) is 1. The molecule has 4 heteroatoms. The highest BCUT2D eigenvalue weighted by Crippen LogP contribution is 2.31. The third-order valence-electron chi connectivity index (χ3n) is 4.21. The lowest BCUT2D eigenvalue weighted by atomic mass is 10.1. The van der Waals surface area contributed by atoms with Crippen molar-refractivity contribution < 1.29 is 0 Å². The monoisotopic (exact) mass is 301 g/mol. The second kappa shape index (κ2) is 6.67. The summed E-state index contributed by atoms with van der Waals surface area (Å²) in [5.41, 5.74) is 1.28. The summed E-state index contributed by atoms with van der Waals surface area (Å²) in [5, 5.41) is 5.99. The van der Waals surface area contributed by atoms with Crippen molar-refractivity contribution in [3.63, 3.8) is 0 Å². The molecule has 0 aliphatic carbocycles. The molecule has 1 aliphatic rings. The van der Waals surface area contributed by atoms with Crippen molar-refractivity contribution in [1.29, 1.82) is 0 Å². The minimum absolute atomic E-state index is 0.616. The van der Waals surface area contributed by atoms with E-state index < -0.39 is 0 Å². The first-order valence-electron chi connectivity index (χ1n) is 7.69. The summed E-state index contributed by atoms with van der Waals surface area (Å²) >= 11 is 2.05. The zero-order chi connectivity index (χ0) is 14.7. The van der Waals surface area contributed by atoms with Gasteiger partial charge in [-0.15, -0.1) is 0 Å². The van der Waals surface area contributed by atoms with Crippen molar-refractivity contribution in [3.8, 4) is 0 Å². The smallest absolute Gasteiger partial charge is 0.136 e. The molecule has 21 heavy (non-hydrogen) atoms. The van der Waals surface area contributed by atoms with Crippen LogP contribution in [0.3, 0.4) is 0 Å². The Labute approximate surface area is 131 Å². The molecule has 1 fully saturated rings. The van der Waals surface area contributed by atoms with Gasteiger partial charge in [0.15, 0.2) is 0 Å². The molecule has 2 aromatic rings. The number of thioether (sulfide) groups is 1. The van der Waals surface area contributed by atoms with Gasteiger partial charge in [0.1, 0.15) is 5.82 Å². The number of pyridine rings is 1. The zero-order valence-electron chi connectivity index (χ0n) is 12.8. The van der Waals surface area contributed by atoms with E-state index in [2.05, 4.69) is 48.5 Å². The van der Waals surface area contributed by atoms with Gasteiger partial charge < -0.3 is 10.2 Å². The number of nitrogens with zero attached hydrogens (tertiary/aromatic N) is 2. The highest BCUT2D eigenvalue weighted by Gasteiger charge is 2.22. The second-order valence-corrected chi connectivity index (χ2v) is 6.71. The molecule has 1 aliphatic heterocycles. The molecular weight excluding hydrogens is 278 g/mol. The van der Waals surface area contributed by atoms with E-state index in [1.165, 1.54) is 34.3 Å². The predicted octanol–water partition coefficient (Wildman–Crippen LogP) is 3.29. The van der Waals surface area contributed by atoms with Gasteiger partial charge in [-0.1, -0.05) is 31.2 Å². The van der Waals surface area contributed by atoms with Gasteiger partial charge in [-0.25, -0.2) is 4.98 Å². The fraction of sp³-hybridized carbons (Fsp3) is 0.471. The van der Waals surface area contributed by atoms with Crippen LogP contribution in [0.25, 0.3) is 10.8 Å². The maximum Gasteiger partial charge on any atom is 0.136 e. The van der Waals surface area contributed by atoms with Crippen molar-refractivity contribution in [2.24, 2.45) is 0 Å². The zero-order valence-corrected chi connectivity index (χ0v) is 13.6. The van der Waals surface area contributed by atoms with Gasteiger partial charge >= 0.3 is 0 Å². The second-order valence-electron chi connectivity index (χ2n) is 5.56. The van der Waals surface area contributed by atoms with Gasteiger partial charge in [-0.05, 0) is 29.7 Å². The third kappa shape index (κ3) is 3.01. The minimum atomic E-state index is 0.616. The first kappa shape index (κ1) is 14.7. The fourth-order valence-electron chi connectivity index (χ4n) is 2.92. The van der Waals surface area contributed by atoms with Gasteiger partial charge in [0.25, 0.3) is 0 Å². The molecular formula is C17H23N3S. The third-order valence-corrected chi connectivity index (χ3v) is 5.35. The van der Waals surface area contributed by atoms with E-state index in [0.717, 1.165) is 18.9 Å². The van der Waals surface area contributed by atoms with Crippen molar-refractivity contribution >= 4 is 28.4 Å². The molecule has 2 heterocycles. The minimum Gasteiger partial charge on any atom is -0.355 e. The normalized spacial score (nSPS) is 18.3. The van der Waals surface area contributed by atoms with Crippen LogP contribution in [0.2, 0.25) is 0 Å². The molecule has 1 unspecified atom stereocenters. The van der Waals surface area contributed by atoms with Gasteiger partial charge in [-0.3, -0.25) is 0 Å². The van der Waals surface area contributed by atoms with Gasteiger partial charge in [0, 0.05) is 37.0 Å². The van der Waals surface area contributed by atoms with E-state index in [0.29, 0.717) is 6.04 Å². The molecule has 0 amide bonds. The highest BCUT2D eigenvalue weighted by molar-refractivity contribution is 7.99. The van der Waals surface area contributed by atoms with Crippen LogP contribution in [-0.2, 0) is 6.54 Å². The fourth-order valence-corrected chi connectivity index (χ4v) is 4.19. The van der Waals surface area contributed by atoms with E-state index in [1.807, 2.05) is 18.0 Å². The standard InChI is InChI=1S/C17H23N3S/c1-3-18-10-13-11-19-17(16-7-5-4-6-15(13)16)20(2)14-8-9-21-12-14/h4-7,11,14,18H,3,8-10,12H2,1-2H3. The molecule has 1 aromatic heterocycles. The number of rotatable bonds is 5. The number of aromatic nitrogens is 1. The van der Waals surface area contributed by atoms with Gasteiger partial charge in [0.05, 0.1) is 0 Å². The topological polar surface area (TPSA) is 28.2 Å². The Morgan fingerprint density at radius 2 is 2.14 bits per heavy atom. The number of hydrogen-bond acceptors (Lipinski definition) is 4. The number of benzene rings is 1. The van der Waals surface area contributed by atoms with Crippen LogP contribution >= 0.6 is 11.8 Å². The lowest BCUT2D eigenvalue weighted by Crippen LogP contribution is -2.32. The van der Waals surface area contributed by atoms with Crippen LogP contribution in [-0.4, -0.2) is 36.1 Å². The summed E-state index contributed by atoms with van der Waals surface area (Å²) in [7, 11) is 2.19. The average molecular weight is 301 g/mol. The summed E-state index contributed by atoms with van der Waals surface area (Å²) in [6.45, 7) is 4.00. The van der Waals surface area contributed by atoms with E-state index in [9.17, 15) is 0 Å². The molecule has 112 valence electrons. The SMILES string of the molecule is CCNCc1cnc(N(C)C2CCSC2)c2ccccc12. The molecule has 1 N–H and O–H groups in total. The Morgan fingerprint density at radius 3 is 2.86 bits per heavy atom. The number of anilines is 1. The largest absolute Gasteiger partial charge is 0.355 e. The van der Waals surface area contributed by atoms with Crippen LogP contribution in [0.5, 0.6) is 0 Å². The lowest BCUT2D eigenvalue weighted by Gasteiger charge is -2.26. The Morgan fingerprint density at radius 1 is 1.33 bits per heavy atom. The Hall–Kier alpha value is -1.26. The Kier molecular flexibility index (Phi) is 4.66. The summed E-state index contributed by atoms with van der Waals surface area (Å²) in [6.07, 6.45) is 3.30.